The molecule has 3 aliphatic rings. The molecule has 2 heterocycles. The molecule has 3 rings (SSSR count). The lowest BCUT2D eigenvalue weighted by Gasteiger charge is -2.42. The quantitative estimate of drug-likeness (QED) is 0.702. The van der Waals surface area contributed by atoms with Gasteiger partial charge in [-0.15, -0.1) is 0 Å². The topological polar surface area (TPSA) is 6.48 Å². The van der Waals surface area contributed by atoms with E-state index < -0.39 is 0 Å². The van der Waals surface area contributed by atoms with Crippen molar-refractivity contribution < 1.29 is 0 Å². The van der Waals surface area contributed by atoms with E-state index in [0.717, 1.165) is 12.1 Å². The van der Waals surface area contributed by atoms with Crippen molar-refractivity contribution in [1.82, 2.24) is 9.80 Å². The van der Waals surface area contributed by atoms with Crippen molar-refractivity contribution in [3.05, 3.63) is 0 Å². The first-order valence-corrected chi connectivity index (χ1v) is 8.91. The van der Waals surface area contributed by atoms with E-state index >= 15 is 0 Å². The van der Waals surface area contributed by atoms with Gasteiger partial charge in [0.25, 0.3) is 0 Å². The van der Waals surface area contributed by atoms with Gasteiger partial charge in [0.15, 0.2) is 0 Å². The van der Waals surface area contributed by atoms with E-state index in [1.807, 2.05) is 0 Å². The Morgan fingerprint density at radius 2 is 0.895 bits per heavy atom. The Labute approximate surface area is 119 Å². The highest BCUT2D eigenvalue weighted by molar-refractivity contribution is 4.85. The van der Waals surface area contributed by atoms with Crippen molar-refractivity contribution in [2.75, 3.05) is 26.2 Å². The lowest BCUT2D eigenvalue weighted by atomic mass is 9.97. The van der Waals surface area contributed by atoms with Gasteiger partial charge in [-0.3, -0.25) is 0 Å². The van der Waals surface area contributed by atoms with Crippen LogP contribution in [-0.2, 0) is 0 Å². The fraction of sp³-hybridized carbons (Fsp3) is 1.00. The summed E-state index contributed by atoms with van der Waals surface area (Å²) in [4.78, 5) is 5.64. The number of nitrogens with zero attached hydrogens (tertiary/aromatic N) is 2. The molecule has 2 nitrogen and oxygen atoms in total. The summed E-state index contributed by atoms with van der Waals surface area (Å²) >= 11 is 0. The fourth-order valence-corrected chi connectivity index (χ4v) is 4.52. The van der Waals surface area contributed by atoms with E-state index in [1.54, 1.807) is 0 Å². The minimum atomic E-state index is 0.919. The molecule has 0 amide bonds. The lowest BCUT2D eigenvalue weighted by Crippen LogP contribution is -2.49. The Kier molecular flexibility index (Phi) is 5.17. The lowest BCUT2D eigenvalue weighted by molar-refractivity contribution is 0.0680. The van der Waals surface area contributed by atoms with Crippen LogP contribution in [0.5, 0.6) is 0 Å². The average molecular weight is 264 g/mol. The average Bonchev–Trinajstić information content (AvgIpc) is 2.77. The van der Waals surface area contributed by atoms with Crippen LogP contribution >= 0.6 is 0 Å². The summed E-state index contributed by atoms with van der Waals surface area (Å²) in [5, 5.41) is 0. The van der Waals surface area contributed by atoms with E-state index in [2.05, 4.69) is 9.80 Å². The van der Waals surface area contributed by atoms with Crippen LogP contribution in [0.25, 0.3) is 0 Å². The van der Waals surface area contributed by atoms with Crippen molar-refractivity contribution in [1.29, 1.82) is 0 Å². The number of rotatable bonds is 2. The predicted molar refractivity (Wildman–Crippen MR) is 81.5 cm³/mol. The third-order valence-electron chi connectivity index (χ3n) is 5.75. The molecule has 0 aromatic carbocycles. The second-order valence-corrected chi connectivity index (χ2v) is 7.01. The Balaban J connectivity index is 1.45. The molecular weight excluding hydrogens is 232 g/mol. The van der Waals surface area contributed by atoms with E-state index in [-0.39, 0.29) is 0 Å². The van der Waals surface area contributed by atoms with Gasteiger partial charge in [0.1, 0.15) is 0 Å². The molecule has 2 saturated heterocycles. The third-order valence-corrected chi connectivity index (χ3v) is 5.75. The van der Waals surface area contributed by atoms with Crippen LogP contribution in [0.15, 0.2) is 0 Å². The molecular formula is C17H32N2. The monoisotopic (exact) mass is 264 g/mol. The SMILES string of the molecule is C1CCCC(N2CCC(N3CCCCC3)CC2)CC1. The molecule has 0 aromatic heterocycles. The van der Waals surface area contributed by atoms with Gasteiger partial charge in [-0.25, -0.2) is 0 Å². The molecule has 0 atom stereocenters. The zero-order valence-electron chi connectivity index (χ0n) is 12.7. The number of piperidine rings is 2. The predicted octanol–water partition coefficient (Wildman–Crippen LogP) is 3.66. The van der Waals surface area contributed by atoms with Gasteiger partial charge in [-0.2, -0.15) is 0 Å². The van der Waals surface area contributed by atoms with Gasteiger partial charge < -0.3 is 9.80 Å². The van der Waals surface area contributed by atoms with Crippen LogP contribution in [0.1, 0.15) is 70.6 Å². The van der Waals surface area contributed by atoms with Crippen molar-refractivity contribution in [2.45, 2.75) is 82.7 Å². The van der Waals surface area contributed by atoms with Crippen LogP contribution in [0.4, 0.5) is 0 Å². The molecule has 110 valence electrons. The molecule has 2 aliphatic heterocycles. The van der Waals surface area contributed by atoms with Crippen molar-refractivity contribution in [3.8, 4) is 0 Å². The van der Waals surface area contributed by atoms with E-state index in [9.17, 15) is 0 Å². The molecule has 0 unspecified atom stereocenters. The van der Waals surface area contributed by atoms with E-state index in [1.165, 1.54) is 96.8 Å². The number of hydrogen-bond donors (Lipinski definition) is 0. The summed E-state index contributed by atoms with van der Waals surface area (Å²) in [6, 6.07) is 1.85. The maximum Gasteiger partial charge on any atom is 0.0120 e. The van der Waals surface area contributed by atoms with E-state index in [0.29, 0.717) is 0 Å². The van der Waals surface area contributed by atoms with Gasteiger partial charge in [0, 0.05) is 12.1 Å². The smallest absolute Gasteiger partial charge is 0.0120 e. The summed E-state index contributed by atoms with van der Waals surface area (Å²) in [6.45, 7) is 5.53. The van der Waals surface area contributed by atoms with Crippen molar-refractivity contribution >= 4 is 0 Å². The summed E-state index contributed by atoms with van der Waals surface area (Å²) in [6.07, 6.45) is 16.1. The van der Waals surface area contributed by atoms with Gasteiger partial charge in [-0.1, -0.05) is 32.1 Å². The minimum Gasteiger partial charge on any atom is -0.300 e. The summed E-state index contributed by atoms with van der Waals surface area (Å²) < 4.78 is 0. The van der Waals surface area contributed by atoms with Gasteiger partial charge in [-0.05, 0) is 64.7 Å². The van der Waals surface area contributed by atoms with Gasteiger partial charge in [0.05, 0.1) is 0 Å². The van der Waals surface area contributed by atoms with Crippen LogP contribution in [-0.4, -0.2) is 48.1 Å². The number of hydrogen-bond acceptors (Lipinski definition) is 2. The Bertz CT molecular complexity index is 244. The zero-order chi connectivity index (χ0) is 12.9. The molecule has 0 spiro atoms. The first kappa shape index (κ1) is 13.9. The third kappa shape index (κ3) is 3.72. The molecule has 0 radical (unpaired) electrons. The van der Waals surface area contributed by atoms with Crippen molar-refractivity contribution in [3.63, 3.8) is 0 Å². The zero-order valence-corrected chi connectivity index (χ0v) is 12.7. The van der Waals surface area contributed by atoms with Gasteiger partial charge >= 0.3 is 0 Å². The molecule has 0 aromatic rings. The second kappa shape index (κ2) is 7.08. The Morgan fingerprint density at radius 3 is 1.53 bits per heavy atom. The normalized spacial score (nSPS) is 30.3. The molecule has 0 N–H and O–H groups in total. The molecule has 1 saturated carbocycles. The minimum absolute atomic E-state index is 0.919. The molecule has 19 heavy (non-hydrogen) atoms. The molecule has 2 heteroatoms. The Morgan fingerprint density at radius 1 is 0.421 bits per heavy atom. The molecule has 3 fully saturated rings. The standard InChI is InChI=1S/C17H32N2/c1-2-5-9-16(8-4-1)19-14-10-17(11-15-19)18-12-6-3-7-13-18/h16-17H,1-15H2. The first-order chi connectivity index (χ1) is 9.43. The highest BCUT2D eigenvalue weighted by Crippen LogP contribution is 2.27. The summed E-state index contributed by atoms with van der Waals surface area (Å²) in [5.74, 6) is 0. The fourth-order valence-electron chi connectivity index (χ4n) is 4.52. The summed E-state index contributed by atoms with van der Waals surface area (Å²) in [5.41, 5.74) is 0. The molecule has 1 aliphatic carbocycles. The first-order valence-electron chi connectivity index (χ1n) is 8.91. The largest absolute Gasteiger partial charge is 0.300 e. The van der Waals surface area contributed by atoms with Crippen LogP contribution in [0.2, 0.25) is 0 Å². The maximum atomic E-state index is 2.84. The Hall–Kier alpha value is -0.0800. The number of likely N-dealkylation sites (tertiary alicyclic amines) is 2. The molecule has 0 bridgehead atoms. The van der Waals surface area contributed by atoms with Gasteiger partial charge in [0.2, 0.25) is 0 Å². The highest BCUT2D eigenvalue weighted by Gasteiger charge is 2.28. The maximum absolute atomic E-state index is 2.84. The van der Waals surface area contributed by atoms with Crippen LogP contribution < -0.4 is 0 Å². The van der Waals surface area contributed by atoms with Crippen LogP contribution in [0.3, 0.4) is 0 Å². The summed E-state index contributed by atoms with van der Waals surface area (Å²) in [7, 11) is 0. The van der Waals surface area contributed by atoms with E-state index in [4.69, 9.17) is 0 Å². The highest BCUT2D eigenvalue weighted by atomic mass is 15.2. The van der Waals surface area contributed by atoms with Crippen molar-refractivity contribution in [2.24, 2.45) is 0 Å². The van der Waals surface area contributed by atoms with Crippen LogP contribution in [0, 0.1) is 0 Å². The second-order valence-electron chi connectivity index (χ2n) is 7.01.